The molecule has 0 bridgehead atoms. The molecule has 2 aromatic carbocycles. The van der Waals surface area contributed by atoms with Crippen molar-refractivity contribution in [3.63, 3.8) is 0 Å². The largest absolute Gasteiger partial charge is 0.492 e. The minimum absolute atomic E-state index is 0.0177. The average molecular weight is 426 g/mol. The average Bonchev–Trinajstić information content (AvgIpc) is 3.09. The lowest BCUT2D eigenvalue weighted by Crippen LogP contribution is -2.08. The van der Waals surface area contributed by atoms with Crippen LogP contribution in [0.4, 0.5) is 8.78 Å². The molecule has 0 fully saturated rings. The third kappa shape index (κ3) is 3.63. The molecule has 0 saturated heterocycles. The first-order chi connectivity index (χ1) is 14.9. The summed E-state index contributed by atoms with van der Waals surface area (Å²) in [5, 5.41) is 24.9. The summed E-state index contributed by atoms with van der Waals surface area (Å²) in [5.74, 6) is -3.95. The Morgan fingerprint density at radius 2 is 1.71 bits per heavy atom. The van der Waals surface area contributed by atoms with Gasteiger partial charge in [-0.1, -0.05) is 30.3 Å². The lowest BCUT2D eigenvalue weighted by Gasteiger charge is -2.07. The molecule has 0 atom stereocenters. The Kier molecular flexibility index (Phi) is 5.20. The van der Waals surface area contributed by atoms with Gasteiger partial charge in [-0.25, -0.2) is 13.6 Å². The van der Waals surface area contributed by atoms with Crippen molar-refractivity contribution >= 4 is 16.9 Å². The number of hydrogen-bond donors (Lipinski definition) is 2. The predicted octanol–water partition coefficient (Wildman–Crippen LogP) is 3.41. The number of para-hydroxylation sites is 1. The van der Waals surface area contributed by atoms with Crippen molar-refractivity contribution in [2.45, 2.75) is 13.5 Å². The summed E-state index contributed by atoms with van der Waals surface area (Å²) in [5.41, 5.74) is -0.206. The van der Waals surface area contributed by atoms with Gasteiger partial charge in [-0.05, 0) is 19.1 Å². The van der Waals surface area contributed by atoms with Crippen molar-refractivity contribution in [3.8, 4) is 23.3 Å². The fraction of sp³-hybridized carbons (Fsp3) is 0.143. The molecule has 0 aliphatic heterocycles. The van der Waals surface area contributed by atoms with E-state index in [2.05, 4.69) is 15.1 Å². The number of carbonyl (C=O) groups is 1. The molecule has 2 N–H and O–H groups in total. The van der Waals surface area contributed by atoms with Crippen LogP contribution >= 0.6 is 0 Å². The molecule has 4 rings (SSSR count). The number of rotatable bonds is 5. The molecule has 0 spiro atoms. The molecule has 2 aromatic heterocycles. The normalized spacial score (nSPS) is 11.1. The third-order valence-corrected chi connectivity index (χ3v) is 4.56. The Morgan fingerprint density at radius 1 is 1.03 bits per heavy atom. The van der Waals surface area contributed by atoms with Crippen molar-refractivity contribution in [2.24, 2.45) is 0 Å². The van der Waals surface area contributed by atoms with Gasteiger partial charge >= 0.3 is 5.97 Å². The highest BCUT2D eigenvalue weighted by Crippen LogP contribution is 2.32. The van der Waals surface area contributed by atoms with Crippen LogP contribution in [0.1, 0.15) is 22.8 Å². The first-order valence-electron chi connectivity index (χ1n) is 9.26. The van der Waals surface area contributed by atoms with Gasteiger partial charge in [-0.15, -0.1) is 0 Å². The zero-order valence-electron chi connectivity index (χ0n) is 16.2. The molecule has 31 heavy (non-hydrogen) atoms. The number of benzene rings is 2. The first-order valence-corrected chi connectivity index (χ1v) is 9.26. The number of aromatic hydroxyl groups is 2. The van der Waals surface area contributed by atoms with E-state index in [9.17, 15) is 23.8 Å². The van der Waals surface area contributed by atoms with E-state index in [1.54, 1.807) is 25.1 Å². The van der Waals surface area contributed by atoms with Crippen LogP contribution in [0, 0.1) is 11.6 Å². The van der Waals surface area contributed by atoms with Gasteiger partial charge in [0.15, 0.2) is 11.4 Å². The SMILES string of the molecule is CCOC(=O)c1c(O)nc(-c2nn(Cc3ccccc3F)c3c(F)cccc23)nc1O. The fourth-order valence-corrected chi connectivity index (χ4v) is 3.19. The lowest BCUT2D eigenvalue weighted by molar-refractivity contribution is 0.0517. The number of ether oxygens (including phenoxy) is 1. The number of esters is 1. The van der Waals surface area contributed by atoms with Gasteiger partial charge in [0.2, 0.25) is 11.8 Å². The summed E-state index contributed by atoms with van der Waals surface area (Å²) < 4.78 is 34.8. The standard InChI is InChI=1S/C21H16F2N4O4/c1-2-31-21(30)15-19(28)24-18(25-20(15)29)16-12-7-5-9-14(23)17(12)27(26-16)10-11-6-3-4-8-13(11)22/h3-9H,2,10H2,1H3,(H2,24,25,28,29). The molecule has 0 radical (unpaired) electrons. The van der Waals surface area contributed by atoms with Crippen molar-refractivity contribution < 1.29 is 28.5 Å². The number of aromatic nitrogens is 4. The summed E-state index contributed by atoms with van der Waals surface area (Å²) >= 11 is 0. The maximum atomic E-state index is 14.6. The number of hydrogen-bond acceptors (Lipinski definition) is 7. The predicted molar refractivity (Wildman–Crippen MR) is 106 cm³/mol. The molecule has 0 saturated carbocycles. The molecule has 0 aliphatic rings. The molecular formula is C21H16F2N4O4. The van der Waals surface area contributed by atoms with E-state index in [4.69, 9.17) is 4.74 Å². The number of halogens is 2. The molecule has 4 aromatic rings. The van der Waals surface area contributed by atoms with E-state index in [-0.39, 0.29) is 41.1 Å². The topological polar surface area (TPSA) is 110 Å². The Labute approximate surface area is 174 Å². The first kappa shape index (κ1) is 20.2. The second-order valence-electron chi connectivity index (χ2n) is 6.52. The van der Waals surface area contributed by atoms with E-state index in [0.29, 0.717) is 0 Å². The highest BCUT2D eigenvalue weighted by Gasteiger charge is 2.25. The van der Waals surface area contributed by atoms with Crippen LogP contribution in [0.25, 0.3) is 22.4 Å². The van der Waals surface area contributed by atoms with Crippen LogP contribution < -0.4 is 0 Å². The maximum absolute atomic E-state index is 14.6. The maximum Gasteiger partial charge on any atom is 0.349 e. The number of nitrogens with zero attached hydrogens (tertiary/aromatic N) is 4. The Bertz CT molecular complexity index is 1280. The zero-order valence-corrected chi connectivity index (χ0v) is 16.2. The van der Waals surface area contributed by atoms with Crippen LogP contribution in [-0.4, -0.2) is 42.5 Å². The van der Waals surface area contributed by atoms with E-state index in [1.165, 1.54) is 28.9 Å². The third-order valence-electron chi connectivity index (χ3n) is 4.56. The summed E-state index contributed by atoms with van der Waals surface area (Å²) in [4.78, 5) is 19.6. The van der Waals surface area contributed by atoms with E-state index < -0.39 is 34.9 Å². The smallest absolute Gasteiger partial charge is 0.349 e. The number of fused-ring (bicyclic) bond motifs is 1. The Morgan fingerprint density at radius 3 is 2.39 bits per heavy atom. The van der Waals surface area contributed by atoms with Crippen LogP contribution in [0.2, 0.25) is 0 Å². The second-order valence-corrected chi connectivity index (χ2v) is 6.52. The minimum atomic E-state index is -0.995. The molecule has 158 valence electrons. The van der Waals surface area contributed by atoms with Crippen molar-refractivity contribution in [3.05, 3.63) is 65.2 Å². The van der Waals surface area contributed by atoms with Gasteiger partial charge in [0.05, 0.1) is 13.2 Å². The van der Waals surface area contributed by atoms with Crippen LogP contribution in [0.3, 0.4) is 0 Å². The molecule has 2 heterocycles. The molecule has 8 nitrogen and oxygen atoms in total. The van der Waals surface area contributed by atoms with Gasteiger partial charge in [0.1, 0.15) is 22.8 Å². The number of carbonyl (C=O) groups excluding carboxylic acids is 1. The molecule has 10 heteroatoms. The second kappa shape index (κ2) is 7.98. The van der Waals surface area contributed by atoms with Gasteiger partial charge in [0, 0.05) is 10.9 Å². The quantitative estimate of drug-likeness (QED) is 0.471. The molecule has 0 amide bonds. The molecule has 0 aliphatic carbocycles. The van der Waals surface area contributed by atoms with Gasteiger partial charge in [0.25, 0.3) is 0 Å². The fourth-order valence-electron chi connectivity index (χ4n) is 3.19. The van der Waals surface area contributed by atoms with E-state index in [1.807, 2.05) is 0 Å². The van der Waals surface area contributed by atoms with Crippen molar-refractivity contribution in [1.82, 2.24) is 19.7 Å². The van der Waals surface area contributed by atoms with Crippen LogP contribution in [0.5, 0.6) is 11.8 Å². The van der Waals surface area contributed by atoms with E-state index >= 15 is 0 Å². The molecular weight excluding hydrogens is 410 g/mol. The van der Waals surface area contributed by atoms with Crippen LogP contribution in [0.15, 0.2) is 42.5 Å². The lowest BCUT2D eigenvalue weighted by atomic mass is 10.1. The van der Waals surface area contributed by atoms with Gasteiger partial charge < -0.3 is 14.9 Å². The molecule has 0 unspecified atom stereocenters. The Hall–Kier alpha value is -4.08. The summed E-state index contributed by atoms with van der Waals surface area (Å²) in [6.07, 6.45) is 0. The summed E-state index contributed by atoms with van der Waals surface area (Å²) in [6, 6.07) is 10.2. The monoisotopic (exact) mass is 426 g/mol. The van der Waals surface area contributed by atoms with Gasteiger partial charge in [-0.3, -0.25) is 4.68 Å². The summed E-state index contributed by atoms with van der Waals surface area (Å²) in [7, 11) is 0. The summed E-state index contributed by atoms with van der Waals surface area (Å²) in [6.45, 7) is 1.50. The highest BCUT2D eigenvalue weighted by molar-refractivity contribution is 5.96. The Balaban J connectivity index is 1.87. The highest BCUT2D eigenvalue weighted by atomic mass is 19.1. The minimum Gasteiger partial charge on any atom is -0.492 e. The zero-order chi connectivity index (χ0) is 22.1. The van der Waals surface area contributed by atoms with E-state index in [0.717, 1.165) is 0 Å². The van der Waals surface area contributed by atoms with Crippen LogP contribution in [-0.2, 0) is 11.3 Å². The van der Waals surface area contributed by atoms with Gasteiger partial charge in [-0.2, -0.15) is 15.1 Å². The van der Waals surface area contributed by atoms with Crippen molar-refractivity contribution in [2.75, 3.05) is 6.61 Å². The van der Waals surface area contributed by atoms with Crippen molar-refractivity contribution in [1.29, 1.82) is 0 Å².